The van der Waals surface area contributed by atoms with Crippen LogP contribution in [0, 0.1) is 0 Å². The van der Waals surface area contributed by atoms with Gasteiger partial charge in [-0.2, -0.15) is 26.3 Å². The third kappa shape index (κ3) is 3.59. The minimum absolute atomic E-state index is 0.0337. The highest BCUT2D eigenvalue weighted by atomic mass is 19.4. The normalized spacial score (nSPS) is 13.3. The lowest BCUT2D eigenvalue weighted by Crippen LogP contribution is -2.34. The first kappa shape index (κ1) is 14.7. The van der Waals surface area contributed by atoms with Crippen LogP contribution in [-0.2, 0) is 6.42 Å². The van der Waals surface area contributed by atoms with Gasteiger partial charge in [-0.1, -0.05) is 0 Å². The zero-order valence-electron chi connectivity index (χ0n) is 8.85. The van der Waals surface area contributed by atoms with Crippen LogP contribution in [0.3, 0.4) is 0 Å². The van der Waals surface area contributed by atoms with Crippen molar-refractivity contribution in [1.29, 1.82) is 0 Å². The second-order valence-electron chi connectivity index (χ2n) is 3.44. The Kier molecular flexibility index (Phi) is 4.20. The highest BCUT2D eigenvalue weighted by Crippen LogP contribution is 2.45. The van der Waals surface area contributed by atoms with E-state index in [1.807, 2.05) is 0 Å². The fourth-order valence-electron chi connectivity index (χ4n) is 1.20. The SMILES string of the molecule is NCCCc1nnc(C(C(F)(F)F)C(F)(F)F)o1. The highest BCUT2D eigenvalue weighted by Gasteiger charge is 2.60. The van der Waals surface area contributed by atoms with E-state index in [0.717, 1.165) is 0 Å². The van der Waals surface area contributed by atoms with E-state index in [0.29, 0.717) is 6.42 Å². The van der Waals surface area contributed by atoms with Crippen molar-refractivity contribution in [3.05, 3.63) is 11.8 Å². The largest absolute Gasteiger partial charge is 0.424 e. The summed E-state index contributed by atoms with van der Waals surface area (Å²) in [6.07, 6.45) is -10.7. The van der Waals surface area contributed by atoms with Crippen molar-refractivity contribution in [1.82, 2.24) is 10.2 Å². The van der Waals surface area contributed by atoms with Gasteiger partial charge in [-0.3, -0.25) is 0 Å². The second kappa shape index (κ2) is 5.12. The molecule has 0 aromatic carbocycles. The average molecular weight is 277 g/mol. The quantitative estimate of drug-likeness (QED) is 0.856. The molecule has 0 saturated heterocycles. The molecule has 0 radical (unpaired) electrons. The highest BCUT2D eigenvalue weighted by molar-refractivity contribution is 5.00. The Morgan fingerprint density at radius 1 is 1.06 bits per heavy atom. The van der Waals surface area contributed by atoms with Crippen LogP contribution in [0.25, 0.3) is 0 Å². The summed E-state index contributed by atoms with van der Waals surface area (Å²) in [4.78, 5) is 0. The summed E-state index contributed by atoms with van der Waals surface area (Å²) < 4.78 is 78.2. The van der Waals surface area contributed by atoms with Crippen LogP contribution in [0.5, 0.6) is 0 Å². The lowest BCUT2D eigenvalue weighted by atomic mass is 10.1. The third-order valence-electron chi connectivity index (χ3n) is 1.98. The first-order valence-corrected chi connectivity index (χ1v) is 4.82. The Morgan fingerprint density at radius 3 is 2.06 bits per heavy atom. The number of nitrogens with two attached hydrogens (primary N) is 1. The number of aryl methyl sites for hydroxylation is 1. The monoisotopic (exact) mass is 277 g/mol. The van der Waals surface area contributed by atoms with Crippen molar-refractivity contribution < 1.29 is 30.8 Å². The predicted molar refractivity (Wildman–Crippen MR) is 46.5 cm³/mol. The smallest absolute Gasteiger partial charge is 0.409 e. The standard InChI is InChI=1S/C8H9F6N3O/c9-7(10,11)5(8(12,13)14)6-17-16-4(18-6)2-1-3-15/h5H,1-3,15H2. The molecule has 4 nitrogen and oxygen atoms in total. The molecule has 1 aromatic heterocycles. The second-order valence-corrected chi connectivity index (χ2v) is 3.44. The van der Waals surface area contributed by atoms with Crippen LogP contribution < -0.4 is 5.73 Å². The van der Waals surface area contributed by atoms with Gasteiger partial charge >= 0.3 is 12.4 Å². The lowest BCUT2D eigenvalue weighted by molar-refractivity contribution is -0.258. The maximum Gasteiger partial charge on any atom is 0.409 e. The van der Waals surface area contributed by atoms with Gasteiger partial charge in [0.1, 0.15) is 0 Å². The molecule has 1 rings (SSSR count). The van der Waals surface area contributed by atoms with Gasteiger partial charge in [-0.15, -0.1) is 10.2 Å². The molecule has 0 aliphatic carbocycles. The molecule has 0 saturated carbocycles. The van der Waals surface area contributed by atoms with Gasteiger partial charge in [0, 0.05) is 6.42 Å². The Labute approximate surface area is 97.2 Å². The van der Waals surface area contributed by atoms with Gasteiger partial charge in [0.15, 0.2) is 0 Å². The van der Waals surface area contributed by atoms with E-state index in [9.17, 15) is 26.3 Å². The summed E-state index contributed by atoms with van der Waals surface area (Å²) in [6.45, 7) is 0.208. The molecule has 2 N–H and O–H groups in total. The van der Waals surface area contributed by atoms with Crippen molar-refractivity contribution >= 4 is 0 Å². The molecule has 0 bridgehead atoms. The van der Waals surface area contributed by atoms with E-state index >= 15 is 0 Å². The molecule has 104 valence electrons. The molecule has 1 aromatic rings. The minimum Gasteiger partial charge on any atom is -0.424 e. The molecule has 0 spiro atoms. The summed E-state index contributed by atoms with van der Waals surface area (Å²) >= 11 is 0. The van der Waals surface area contributed by atoms with Crippen molar-refractivity contribution in [2.24, 2.45) is 5.73 Å². The van der Waals surface area contributed by atoms with Gasteiger partial charge in [0.25, 0.3) is 0 Å². The van der Waals surface area contributed by atoms with Crippen molar-refractivity contribution in [3.8, 4) is 0 Å². The number of aromatic nitrogens is 2. The molecule has 10 heteroatoms. The third-order valence-corrected chi connectivity index (χ3v) is 1.98. The molecule has 0 amide bonds. The van der Waals surface area contributed by atoms with Gasteiger partial charge in [0.05, 0.1) is 0 Å². The zero-order chi connectivity index (χ0) is 14.0. The maximum atomic E-state index is 12.3. The van der Waals surface area contributed by atoms with Crippen molar-refractivity contribution in [3.63, 3.8) is 0 Å². The van der Waals surface area contributed by atoms with Crippen LogP contribution in [0.4, 0.5) is 26.3 Å². The van der Waals surface area contributed by atoms with Crippen LogP contribution >= 0.6 is 0 Å². The fourth-order valence-corrected chi connectivity index (χ4v) is 1.20. The summed E-state index contributed by atoms with van der Waals surface area (Å²) in [7, 11) is 0. The first-order valence-electron chi connectivity index (χ1n) is 4.82. The van der Waals surface area contributed by atoms with Crippen molar-refractivity contribution in [2.45, 2.75) is 31.1 Å². The Balaban J connectivity index is 2.97. The molecule has 0 unspecified atom stereocenters. The van der Waals surface area contributed by atoms with E-state index in [1.54, 1.807) is 0 Å². The first-order chi connectivity index (χ1) is 8.16. The minimum atomic E-state index is -5.53. The Hall–Kier alpha value is -1.32. The zero-order valence-corrected chi connectivity index (χ0v) is 8.85. The number of alkyl halides is 6. The molecule has 0 aliphatic heterocycles. The number of hydrogen-bond donors (Lipinski definition) is 1. The molecule has 18 heavy (non-hydrogen) atoms. The molecule has 1 heterocycles. The van der Waals surface area contributed by atoms with Crippen molar-refractivity contribution in [2.75, 3.05) is 6.54 Å². The van der Waals surface area contributed by atoms with E-state index in [4.69, 9.17) is 5.73 Å². The number of hydrogen-bond acceptors (Lipinski definition) is 4. The molecular weight excluding hydrogens is 268 g/mol. The van der Waals surface area contributed by atoms with Gasteiger partial charge in [-0.25, -0.2) is 0 Å². The molecule has 0 aliphatic rings. The van der Waals surface area contributed by atoms with Crippen LogP contribution in [0.15, 0.2) is 4.42 Å². The van der Waals surface area contributed by atoms with E-state index < -0.39 is 24.2 Å². The molecule has 0 fully saturated rings. The lowest BCUT2D eigenvalue weighted by Gasteiger charge is -2.19. The summed E-state index contributed by atoms with van der Waals surface area (Å²) in [5.41, 5.74) is 5.13. The Morgan fingerprint density at radius 2 is 1.61 bits per heavy atom. The number of rotatable bonds is 4. The number of halogens is 6. The topological polar surface area (TPSA) is 64.9 Å². The van der Waals surface area contributed by atoms with Crippen LogP contribution in [-0.4, -0.2) is 29.1 Å². The summed E-state index contributed by atoms with van der Waals surface area (Å²) in [5, 5.41) is 5.93. The summed E-state index contributed by atoms with van der Waals surface area (Å²) in [5.74, 6) is -5.56. The van der Waals surface area contributed by atoms with Crippen LogP contribution in [0.1, 0.15) is 24.1 Å². The summed E-state index contributed by atoms with van der Waals surface area (Å²) in [6, 6.07) is 0. The van der Waals surface area contributed by atoms with Gasteiger partial charge < -0.3 is 10.2 Å². The number of nitrogens with zero attached hydrogens (tertiary/aromatic N) is 2. The van der Waals surface area contributed by atoms with E-state index in [1.165, 1.54) is 0 Å². The molecular formula is C8H9F6N3O. The Bertz CT molecular complexity index is 371. The van der Waals surface area contributed by atoms with E-state index in [2.05, 4.69) is 14.6 Å². The molecule has 0 atom stereocenters. The van der Waals surface area contributed by atoms with E-state index in [-0.39, 0.29) is 18.9 Å². The van der Waals surface area contributed by atoms with Gasteiger partial charge in [-0.05, 0) is 13.0 Å². The predicted octanol–water partition coefficient (Wildman–Crippen LogP) is 2.17. The maximum absolute atomic E-state index is 12.3. The fraction of sp³-hybridized carbons (Fsp3) is 0.750. The van der Waals surface area contributed by atoms with Gasteiger partial charge in [0.2, 0.25) is 17.7 Å². The van der Waals surface area contributed by atoms with Crippen LogP contribution in [0.2, 0.25) is 0 Å². The average Bonchev–Trinajstić information content (AvgIpc) is 2.58.